The van der Waals surface area contributed by atoms with Crippen LogP contribution in [0.4, 0.5) is 8.78 Å². The van der Waals surface area contributed by atoms with E-state index in [4.69, 9.17) is 9.52 Å². The van der Waals surface area contributed by atoms with Crippen molar-refractivity contribution < 1.29 is 18.3 Å². The number of alkyl halides is 2. The SMILES string of the molecule is OCc1ccc(CNCc2ccc(CSC(F)F)o2)cc1. The minimum atomic E-state index is -2.38. The number of hydrogen-bond donors (Lipinski definition) is 2. The molecule has 0 aliphatic heterocycles. The zero-order valence-electron chi connectivity index (χ0n) is 11.4. The Bertz CT molecular complexity index is 543. The molecule has 0 atom stereocenters. The van der Waals surface area contributed by atoms with Crippen LogP contribution in [0.2, 0.25) is 0 Å². The maximum Gasteiger partial charge on any atom is 0.284 e. The van der Waals surface area contributed by atoms with Crippen LogP contribution in [0.25, 0.3) is 0 Å². The Hall–Kier alpha value is -1.37. The summed E-state index contributed by atoms with van der Waals surface area (Å²) in [6.07, 6.45) is 0. The summed E-state index contributed by atoms with van der Waals surface area (Å²) in [5.41, 5.74) is 1.98. The fourth-order valence-electron chi connectivity index (χ4n) is 1.83. The zero-order chi connectivity index (χ0) is 15.1. The highest BCUT2D eigenvalue weighted by Gasteiger charge is 2.07. The first-order chi connectivity index (χ1) is 10.2. The van der Waals surface area contributed by atoms with E-state index in [0.29, 0.717) is 30.6 Å². The lowest BCUT2D eigenvalue weighted by Crippen LogP contribution is -2.12. The topological polar surface area (TPSA) is 45.4 Å². The number of nitrogens with one attached hydrogen (secondary N) is 1. The fraction of sp³-hybridized carbons (Fsp3) is 0.333. The van der Waals surface area contributed by atoms with Gasteiger partial charge in [-0.25, -0.2) is 0 Å². The van der Waals surface area contributed by atoms with Crippen LogP contribution in [0.3, 0.4) is 0 Å². The molecule has 0 fully saturated rings. The Morgan fingerprint density at radius 1 is 1.00 bits per heavy atom. The van der Waals surface area contributed by atoms with Crippen LogP contribution in [0.15, 0.2) is 40.8 Å². The molecule has 21 heavy (non-hydrogen) atoms. The van der Waals surface area contributed by atoms with Gasteiger partial charge in [0.05, 0.1) is 18.9 Å². The zero-order valence-corrected chi connectivity index (χ0v) is 12.2. The second kappa shape index (κ2) is 8.17. The van der Waals surface area contributed by atoms with Crippen molar-refractivity contribution in [3.05, 3.63) is 59.0 Å². The van der Waals surface area contributed by atoms with Crippen molar-refractivity contribution in [2.45, 2.75) is 31.2 Å². The molecule has 0 saturated carbocycles. The number of aliphatic hydroxyl groups is 1. The second-order valence-corrected chi connectivity index (χ2v) is 5.50. The molecule has 0 aliphatic carbocycles. The van der Waals surface area contributed by atoms with Crippen molar-refractivity contribution in [3.8, 4) is 0 Å². The number of halogens is 2. The number of thioether (sulfide) groups is 1. The van der Waals surface area contributed by atoms with Gasteiger partial charge in [-0.3, -0.25) is 0 Å². The van der Waals surface area contributed by atoms with Crippen LogP contribution in [-0.4, -0.2) is 10.9 Å². The summed E-state index contributed by atoms with van der Waals surface area (Å²) in [6, 6.07) is 11.2. The van der Waals surface area contributed by atoms with Crippen molar-refractivity contribution in [1.82, 2.24) is 5.32 Å². The molecule has 1 aromatic heterocycles. The standard InChI is InChI=1S/C15H17F2NO2S/c16-15(17)21-10-14-6-5-13(20-14)8-18-7-11-1-3-12(9-19)4-2-11/h1-6,15,18-19H,7-10H2. The Morgan fingerprint density at radius 2 is 1.67 bits per heavy atom. The van der Waals surface area contributed by atoms with Crippen molar-refractivity contribution in [1.29, 1.82) is 0 Å². The van der Waals surface area contributed by atoms with E-state index >= 15 is 0 Å². The smallest absolute Gasteiger partial charge is 0.284 e. The van der Waals surface area contributed by atoms with Crippen molar-refractivity contribution in [2.24, 2.45) is 0 Å². The Morgan fingerprint density at radius 3 is 2.33 bits per heavy atom. The molecule has 2 aromatic rings. The predicted octanol–water partition coefficient (Wildman–Crippen LogP) is 3.52. The molecule has 2 rings (SSSR count). The lowest BCUT2D eigenvalue weighted by atomic mass is 10.1. The minimum Gasteiger partial charge on any atom is -0.464 e. The summed E-state index contributed by atoms with van der Waals surface area (Å²) >= 11 is 0.554. The number of benzene rings is 1. The molecule has 114 valence electrons. The van der Waals surface area contributed by atoms with Gasteiger partial charge >= 0.3 is 0 Å². The average molecular weight is 313 g/mol. The quantitative estimate of drug-likeness (QED) is 0.783. The first-order valence-corrected chi connectivity index (χ1v) is 7.59. The van der Waals surface area contributed by atoms with E-state index in [1.54, 1.807) is 12.1 Å². The van der Waals surface area contributed by atoms with Gasteiger partial charge in [0.1, 0.15) is 11.5 Å². The van der Waals surface area contributed by atoms with Gasteiger partial charge in [0.2, 0.25) is 0 Å². The molecule has 0 aliphatic rings. The van der Waals surface area contributed by atoms with E-state index in [0.717, 1.165) is 16.9 Å². The van der Waals surface area contributed by atoms with E-state index in [2.05, 4.69) is 5.32 Å². The summed E-state index contributed by atoms with van der Waals surface area (Å²) in [6.45, 7) is 1.26. The molecule has 0 unspecified atom stereocenters. The average Bonchev–Trinajstić information content (AvgIpc) is 2.94. The third kappa shape index (κ3) is 5.49. The molecule has 0 saturated heterocycles. The van der Waals surface area contributed by atoms with Crippen molar-refractivity contribution >= 4 is 11.8 Å². The lowest BCUT2D eigenvalue weighted by molar-refractivity contribution is 0.251. The van der Waals surface area contributed by atoms with Gasteiger partial charge in [0.25, 0.3) is 5.76 Å². The molecule has 1 heterocycles. The van der Waals surface area contributed by atoms with Gasteiger partial charge < -0.3 is 14.8 Å². The second-order valence-electron chi connectivity index (χ2n) is 4.52. The highest BCUT2D eigenvalue weighted by atomic mass is 32.2. The Balaban J connectivity index is 1.75. The van der Waals surface area contributed by atoms with E-state index in [-0.39, 0.29) is 12.4 Å². The summed E-state index contributed by atoms with van der Waals surface area (Å²) in [4.78, 5) is 0. The van der Waals surface area contributed by atoms with Crippen molar-refractivity contribution in [2.75, 3.05) is 0 Å². The van der Waals surface area contributed by atoms with Crippen LogP contribution >= 0.6 is 11.8 Å². The monoisotopic (exact) mass is 313 g/mol. The summed E-state index contributed by atoms with van der Waals surface area (Å²) < 4.78 is 29.6. The molecule has 0 radical (unpaired) electrons. The first kappa shape index (κ1) is 16.0. The van der Waals surface area contributed by atoms with Crippen LogP contribution in [0.1, 0.15) is 22.6 Å². The third-order valence-electron chi connectivity index (χ3n) is 2.90. The normalized spacial score (nSPS) is 11.2. The fourth-order valence-corrected chi connectivity index (χ4v) is 2.28. The lowest BCUT2D eigenvalue weighted by Gasteiger charge is -2.04. The van der Waals surface area contributed by atoms with Gasteiger partial charge in [-0.1, -0.05) is 36.0 Å². The Kier molecular flexibility index (Phi) is 6.22. The number of rotatable bonds is 8. The van der Waals surface area contributed by atoms with Crippen LogP contribution in [-0.2, 0) is 25.4 Å². The van der Waals surface area contributed by atoms with E-state index in [1.165, 1.54) is 0 Å². The largest absolute Gasteiger partial charge is 0.464 e. The van der Waals surface area contributed by atoms with E-state index in [9.17, 15) is 8.78 Å². The molecule has 6 heteroatoms. The summed E-state index contributed by atoms with van der Waals surface area (Å²) in [7, 11) is 0. The molecule has 0 bridgehead atoms. The Labute approximate surface area is 126 Å². The molecule has 0 amide bonds. The van der Waals surface area contributed by atoms with Crippen molar-refractivity contribution in [3.63, 3.8) is 0 Å². The maximum atomic E-state index is 12.1. The number of furan rings is 1. The van der Waals surface area contributed by atoms with Gasteiger partial charge in [0.15, 0.2) is 0 Å². The molecule has 3 nitrogen and oxygen atoms in total. The van der Waals surface area contributed by atoms with Gasteiger partial charge in [-0.2, -0.15) is 8.78 Å². The number of hydrogen-bond acceptors (Lipinski definition) is 4. The maximum absolute atomic E-state index is 12.1. The molecular weight excluding hydrogens is 296 g/mol. The molecule has 0 spiro atoms. The third-order valence-corrected chi connectivity index (χ3v) is 3.61. The highest BCUT2D eigenvalue weighted by molar-refractivity contribution is 7.98. The van der Waals surface area contributed by atoms with Gasteiger partial charge in [-0.05, 0) is 23.3 Å². The van der Waals surface area contributed by atoms with Gasteiger partial charge in [-0.15, -0.1) is 0 Å². The van der Waals surface area contributed by atoms with Crippen LogP contribution < -0.4 is 5.32 Å². The minimum absolute atomic E-state index is 0.0412. The van der Waals surface area contributed by atoms with Crippen LogP contribution in [0.5, 0.6) is 0 Å². The van der Waals surface area contributed by atoms with Gasteiger partial charge in [0, 0.05) is 6.54 Å². The molecule has 1 aromatic carbocycles. The highest BCUT2D eigenvalue weighted by Crippen LogP contribution is 2.21. The first-order valence-electron chi connectivity index (χ1n) is 6.54. The predicted molar refractivity (Wildman–Crippen MR) is 78.9 cm³/mol. The number of aliphatic hydroxyl groups excluding tert-OH is 1. The molecular formula is C15H17F2NO2S. The van der Waals surface area contributed by atoms with E-state index in [1.807, 2.05) is 24.3 Å². The summed E-state index contributed by atoms with van der Waals surface area (Å²) in [5.74, 6) is -0.907. The summed E-state index contributed by atoms with van der Waals surface area (Å²) in [5, 5.41) is 12.2. The molecule has 2 N–H and O–H groups in total. The van der Waals surface area contributed by atoms with Crippen LogP contribution in [0, 0.1) is 0 Å². The van der Waals surface area contributed by atoms with E-state index < -0.39 is 5.76 Å².